The number of rotatable bonds is 4. The molecule has 0 N–H and O–H groups in total. The van der Waals surface area contributed by atoms with Gasteiger partial charge in [0.25, 0.3) is 11.4 Å². The lowest BCUT2D eigenvalue weighted by molar-refractivity contribution is 0.431. The highest BCUT2D eigenvalue weighted by atomic mass is 35.5. The van der Waals surface area contributed by atoms with Crippen LogP contribution in [0, 0.1) is 0 Å². The van der Waals surface area contributed by atoms with Crippen LogP contribution in [0.25, 0.3) is 33.9 Å². The summed E-state index contributed by atoms with van der Waals surface area (Å²) in [6.45, 7) is 0.389. The van der Waals surface area contributed by atoms with Crippen LogP contribution < -0.4 is 5.56 Å². The third-order valence-corrected chi connectivity index (χ3v) is 4.98. The molecule has 0 atom stereocenters. The average Bonchev–Trinajstić information content (AvgIpc) is 3.25. The van der Waals surface area contributed by atoms with Gasteiger partial charge in [0, 0.05) is 16.6 Å². The molecule has 5 aromatic rings. The van der Waals surface area contributed by atoms with Gasteiger partial charge in [0.15, 0.2) is 0 Å². The zero-order valence-corrected chi connectivity index (χ0v) is 16.5. The van der Waals surface area contributed by atoms with E-state index in [1.54, 1.807) is 29.0 Å². The van der Waals surface area contributed by atoms with Crippen LogP contribution >= 0.6 is 11.6 Å². The zero-order chi connectivity index (χ0) is 20.5. The fourth-order valence-corrected chi connectivity index (χ4v) is 3.50. The van der Waals surface area contributed by atoms with Crippen molar-refractivity contribution in [3.05, 3.63) is 99.9 Å². The van der Waals surface area contributed by atoms with E-state index in [-0.39, 0.29) is 11.4 Å². The fourth-order valence-electron chi connectivity index (χ4n) is 3.28. The molecule has 0 saturated carbocycles. The summed E-state index contributed by atoms with van der Waals surface area (Å²) in [5.74, 6) is 0.491. The average molecular weight is 415 g/mol. The van der Waals surface area contributed by atoms with E-state index in [0.717, 1.165) is 16.5 Å². The van der Waals surface area contributed by atoms with Crippen LogP contribution in [0.5, 0.6) is 0 Å². The lowest BCUT2D eigenvalue weighted by Crippen LogP contribution is -2.21. The van der Waals surface area contributed by atoms with E-state index >= 15 is 0 Å². The Hall–Kier alpha value is -3.77. The SMILES string of the molecule is O=c1c(-c2nc(-c3ccc4ccccc4n3)no2)cccn1Cc1cccc(Cl)c1. The van der Waals surface area contributed by atoms with Gasteiger partial charge in [-0.05, 0) is 42.0 Å². The number of hydrogen-bond donors (Lipinski definition) is 0. The molecule has 30 heavy (non-hydrogen) atoms. The first-order valence-electron chi connectivity index (χ1n) is 9.31. The summed E-state index contributed by atoms with van der Waals surface area (Å²) in [5.41, 5.74) is 2.45. The number of halogens is 1. The summed E-state index contributed by atoms with van der Waals surface area (Å²) in [6, 6.07) is 22.4. The van der Waals surface area contributed by atoms with Crippen molar-refractivity contribution in [1.82, 2.24) is 19.7 Å². The third-order valence-electron chi connectivity index (χ3n) is 4.75. The van der Waals surface area contributed by atoms with E-state index in [4.69, 9.17) is 16.1 Å². The maximum atomic E-state index is 13.0. The van der Waals surface area contributed by atoms with Crippen LogP contribution in [-0.4, -0.2) is 19.7 Å². The van der Waals surface area contributed by atoms with E-state index < -0.39 is 0 Å². The summed E-state index contributed by atoms with van der Waals surface area (Å²) in [5, 5.41) is 5.67. The molecule has 0 saturated heterocycles. The molecule has 7 heteroatoms. The second-order valence-corrected chi connectivity index (χ2v) is 7.23. The minimum absolute atomic E-state index is 0.158. The first kappa shape index (κ1) is 18.3. The van der Waals surface area contributed by atoms with E-state index in [9.17, 15) is 4.79 Å². The Kier molecular flexibility index (Phi) is 4.61. The van der Waals surface area contributed by atoms with Gasteiger partial charge in [-0.3, -0.25) is 4.79 Å². The Morgan fingerprint density at radius 2 is 1.83 bits per heavy atom. The topological polar surface area (TPSA) is 73.8 Å². The van der Waals surface area contributed by atoms with Gasteiger partial charge in [0.1, 0.15) is 11.3 Å². The molecule has 0 aliphatic carbocycles. The number of para-hydroxylation sites is 1. The Balaban J connectivity index is 1.49. The number of fused-ring (bicyclic) bond motifs is 1. The molecule has 5 rings (SSSR count). The minimum Gasteiger partial charge on any atom is -0.333 e. The molecule has 0 radical (unpaired) electrons. The van der Waals surface area contributed by atoms with Crippen molar-refractivity contribution in [2.75, 3.05) is 0 Å². The first-order chi connectivity index (χ1) is 14.7. The minimum atomic E-state index is -0.223. The molecule has 0 unspecified atom stereocenters. The molecule has 2 aromatic carbocycles. The van der Waals surface area contributed by atoms with Crippen molar-refractivity contribution < 1.29 is 4.52 Å². The molecule has 0 fully saturated rings. The van der Waals surface area contributed by atoms with Crippen molar-refractivity contribution in [3.63, 3.8) is 0 Å². The van der Waals surface area contributed by atoms with E-state index in [2.05, 4.69) is 15.1 Å². The Bertz CT molecular complexity index is 1420. The standard InChI is InChI=1S/C23H15ClN4O2/c24-17-7-3-5-15(13-17)14-28-12-4-8-18(23(28)29)22-26-21(27-30-22)20-11-10-16-6-1-2-9-19(16)25-20/h1-13H,14H2. The number of nitrogens with zero attached hydrogens (tertiary/aromatic N) is 4. The summed E-state index contributed by atoms with van der Waals surface area (Å²) in [6.07, 6.45) is 1.72. The molecular weight excluding hydrogens is 400 g/mol. The van der Waals surface area contributed by atoms with Gasteiger partial charge in [0.2, 0.25) is 5.82 Å². The summed E-state index contributed by atoms with van der Waals surface area (Å²) in [7, 11) is 0. The first-order valence-corrected chi connectivity index (χ1v) is 9.69. The fraction of sp³-hybridized carbons (Fsp3) is 0.0435. The van der Waals surface area contributed by atoms with Crippen molar-refractivity contribution in [2.24, 2.45) is 0 Å². The van der Waals surface area contributed by atoms with Gasteiger partial charge >= 0.3 is 0 Å². The van der Waals surface area contributed by atoms with Gasteiger partial charge in [-0.2, -0.15) is 4.98 Å². The summed E-state index contributed by atoms with van der Waals surface area (Å²) in [4.78, 5) is 21.9. The lowest BCUT2D eigenvalue weighted by atomic mass is 10.2. The monoisotopic (exact) mass is 414 g/mol. The van der Waals surface area contributed by atoms with Crippen LogP contribution in [0.3, 0.4) is 0 Å². The third kappa shape index (κ3) is 3.49. The van der Waals surface area contributed by atoms with Crippen LogP contribution in [-0.2, 0) is 6.54 Å². The molecule has 6 nitrogen and oxygen atoms in total. The van der Waals surface area contributed by atoms with Gasteiger partial charge in [-0.15, -0.1) is 0 Å². The van der Waals surface area contributed by atoms with Crippen LogP contribution in [0.1, 0.15) is 5.56 Å². The molecule has 146 valence electrons. The molecule has 0 bridgehead atoms. The molecule has 3 aromatic heterocycles. The van der Waals surface area contributed by atoms with Gasteiger partial charge in [-0.25, -0.2) is 4.98 Å². The lowest BCUT2D eigenvalue weighted by Gasteiger charge is -2.07. The maximum absolute atomic E-state index is 13.0. The van der Waals surface area contributed by atoms with Crippen LogP contribution in [0.4, 0.5) is 0 Å². The molecule has 0 spiro atoms. The Morgan fingerprint density at radius 3 is 2.73 bits per heavy atom. The van der Waals surface area contributed by atoms with Crippen molar-refractivity contribution in [3.8, 4) is 23.0 Å². The molecule has 0 amide bonds. The highest BCUT2D eigenvalue weighted by molar-refractivity contribution is 6.30. The van der Waals surface area contributed by atoms with E-state index in [0.29, 0.717) is 28.6 Å². The Labute approximate surface area is 176 Å². The number of benzene rings is 2. The predicted molar refractivity (Wildman–Crippen MR) is 115 cm³/mol. The highest BCUT2D eigenvalue weighted by Crippen LogP contribution is 2.21. The second-order valence-electron chi connectivity index (χ2n) is 6.80. The normalized spacial score (nSPS) is 11.1. The Morgan fingerprint density at radius 1 is 0.933 bits per heavy atom. The maximum Gasteiger partial charge on any atom is 0.263 e. The van der Waals surface area contributed by atoms with E-state index in [1.807, 2.05) is 54.6 Å². The van der Waals surface area contributed by atoms with E-state index in [1.165, 1.54) is 0 Å². The van der Waals surface area contributed by atoms with Gasteiger partial charge in [0.05, 0.1) is 12.1 Å². The number of aromatic nitrogens is 4. The second kappa shape index (κ2) is 7.57. The summed E-state index contributed by atoms with van der Waals surface area (Å²) >= 11 is 6.05. The molecule has 3 heterocycles. The largest absolute Gasteiger partial charge is 0.333 e. The van der Waals surface area contributed by atoms with Gasteiger partial charge < -0.3 is 9.09 Å². The molecular formula is C23H15ClN4O2. The van der Waals surface area contributed by atoms with Crippen molar-refractivity contribution in [2.45, 2.75) is 6.54 Å². The quantitative estimate of drug-likeness (QED) is 0.421. The summed E-state index contributed by atoms with van der Waals surface area (Å²) < 4.78 is 6.97. The van der Waals surface area contributed by atoms with Gasteiger partial charge in [-0.1, -0.05) is 53.2 Å². The molecule has 0 aliphatic rings. The molecule has 0 aliphatic heterocycles. The van der Waals surface area contributed by atoms with Crippen LogP contribution in [0.15, 0.2) is 88.3 Å². The van der Waals surface area contributed by atoms with Crippen molar-refractivity contribution >= 4 is 22.5 Å². The predicted octanol–water partition coefficient (Wildman–Crippen LogP) is 4.82. The highest BCUT2D eigenvalue weighted by Gasteiger charge is 2.16. The number of pyridine rings is 2. The smallest absolute Gasteiger partial charge is 0.263 e. The van der Waals surface area contributed by atoms with Crippen molar-refractivity contribution in [1.29, 1.82) is 0 Å². The number of hydrogen-bond acceptors (Lipinski definition) is 5. The zero-order valence-electron chi connectivity index (χ0n) is 15.7. The van der Waals surface area contributed by atoms with Crippen LogP contribution in [0.2, 0.25) is 5.02 Å².